The van der Waals surface area contributed by atoms with Crippen LogP contribution in [0.25, 0.3) is 0 Å². The highest BCUT2D eigenvalue weighted by Crippen LogP contribution is 2.26. The highest BCUT2D eigenvalue weighted by atomic mass is 35.5. The summed E-state index contributed by atoms with van der Waals surface area (Å²) in [6, 6.07) is 4.97. The predicted octanol–water partition coefficient (Wildman–Crippen LogP) is 3.33. The molecule has 2 atom stereocenters. The van der Waals surface area contributed by atoms with Crippen molar-refractivity contribution in [2.75, 3.05) is 6.54 Å². The molecule has 19 heavy (non-hydrogen) atoms. The summed E-state index contributed by atoms with van der Waals surface area (Å²) < 4.78 is 0. The van der Waals surface area contributed by atoms with Gasteiger partial charge in [0.2, 0.25) is 5.91 Å². The van der Waals surface area contributed by atoms with Crippen LogP contribution >= 0.6 is 23.2 Å². The molecular formula is C14H18Cl2N2O. The molecule has 1 rings (SSSR count). The Morgan fingerprint density at radius 3 is 2.68 bits per heavy atom. The van der Waals surface area contributed by atoms with Gasteiger partial charge >= 0.3 is 0 Å². The average Bonchev–Trinajstić information content (AvgIpc) is 2.35. The summed E-state index contributed by atoms with van der Waals surface area (Å²) in [6.45, 7) is 7.77. The predicted molar refractivity (Wildman–Crippen MR) is 80.7 cm³/mol. The Kier molecular flexibility index (Phi) is 6.35. The normalized spacial score (nSPS) is 13.7. The first kappa shape index (κ1) is 16.0. The number of benzene rings is 1. The molecule has 0 aliphatic rings. The maximum Gasteiger partial charge on any atom is 0.237 e. The molecule has 0 heterocycles. The first-order chi connectivity index (χ1) is 8.95. The first-order valence-corrected chi connectivity index (χ1v) is 6.81. The van der Waals surface area contributed by atoms with Crippen LogP contribution in [-0.4, -0.2) is 18.5 Å². The fourth-order valence-electron chi connectivity index (χ4n) is 1.72. The van der Waals surface area contributed by atoms with Gasteiger partial charge in [-0.2, -0.15) is 0 Å². The lowest BCUT2D eigenvalue weighted by Crippen LogP contribution is -2.43. The van der Waals surface area contributed by atoms with E-state index in [1.54, 1.807) is 25.1 Å². The van der Waals surface area contributed by atoms with Gasteiger partial charge < -0.3 is 5.32 Å². The van der Waals surface area contributed by atoms with Gasteiger partial charge in [-0.3, -0.25) is 10.1 Å². The van der Waals surface area contributed by atoms with E-state index in [0.29, 0.717) is 16.6 Å². The van der Waals surface area contributed by atoms with Gasteiger partial charge in [0.15, 0.2) is 0 Å². The summed E-state index contributed by atoms with van der Waals surface area (Å²) in [5, 5.41) is 7.11. The van der Waals surface area contributed by atoms with E-state index < -0.39 is 0 Å². The topological polar surface area (TPSA) is 41.1 Å². The van der Waals surface area contributed by atoms with E-state index >= 15 is 0 Å². The summed E-state index contributed by atoms with van der Waals surface area (Å²) in [6.07, 6.45) is 1.64. The maximum absolute atomic E-state index is 11.7. The van der Waals surface area contributed by atoms with E-state index in [9.17, 15) is 4.79 Å². The summed E-state index contributed by atoms with van der Waals surface area (Å²) in [5.41, 5.74) is 0.912. The second-order valence-corrected chi connectivity index (χ2v) is 5.15. The van der Waals surface area contributed by atoms with Gasteiger partial charge in [-0.05, 0) is 31.5 Å². The molecule has 0 fully saturated rings. The van der Waals surface area contributed by atoms with E-state index in [4.69, 9.17) is 23.2 Å². The molecule has 2 unspecified atom stereocenters. The van der Waals surface area contributed by atoms with Crippen LogP contribution < -0.4 is 10.6 Å². The van der Waals surface area contributed by atoms with Crippen molar-refractivity contribution in [3.63, 3.8) is 0 Å². The van der Waals surface area contributed by atoms with E-state index in [-0.39, 0.29) is 18.0 Å². The largest absolute Gasteiger partial charge is 0.351 e. The third-order valence-corrected chi connectivity index (χ3v) is 3.31. The quantitative estimate of drug-likeness (QED) is 0.791. The summed E-state index contributed by atoms with van der Waals surface area (Å²) in [4.78, 5) is 11.7. The van der Waals surface area contributed by atoms with Crippen molar-refractivity contribution in [1.82, 2.24) is 10.6 Å². The van der Waals surface area contributed by atoms with Crippen molar-refractivity contribution >= 4 is 29.1 Å². The molecule has 5 heteroatoms. The molecule has 1 aromatic rings. The number of carbonyl (C=O) groups excluding carboxylic acids is 1. The minimum atomic E-state index is -0.318. The van der Waals surface area contributed by atoms with Crippen molar-refractivity contribution in [2.24, 2.45) is 0 Å². The molecule has 3 nitrogen and oxygen atoms in total. The second-order valence-electron chi connectivity index (χ2n) is 4.31. The van der Waals surface area contributed by atoms with Crippen molar-refractivity contribution in [2.45, 2.75) is 25.9 Å². The van der Waals surface area contributed by atoms with Gasteiger partial charge in [-0.25, -0.2) is 0 Å². The van der Waals surface area contributed by atoms with E-state index in [1.807, 2.05) is 13.0 Å². The Balaban J connectivity index is 2.65. The Morgan fingerprint density at radius 1 is 1.42 bits per heavy atom. The lowest BCUT2D eigenvalue weighted by atomic mass is 10.1. The highest BCUT2D eigenvalue weighted by Gasteiger charge is 2.17. The Hall–Kier alpha value is -1.03. The van der Waals surface area contributed by atoms with Crippen LogP contribution in [0.2, 0.25) is 10.0 Å². The fraction of sp³-hybridized carbons (Fsp3) is 0.357. The summed E-state index contributed by atoms with van der Waals surface area (Å²) >= 11 is 12.0. The van der Waals surface area contributed by atoms with Crippen LogP contribution in [-0.2, 0) is 4.79 Å². The second kappa shape index (κ2) is 7.53. The van der Waals surface area contributed by atoms with Gasteiger partial charge in [-0.15, -0.1) is 6.58 Å². The lowest BCUT2D eigenvalue weighted by molar-refractivity contribution is -0.122. The molecule has 0 aliphatic heterocycles. The molecule has 1 amide bonds. The van der Waals surface area contributed by atoms with Gasteiger partial charge in [0.25, 0.3) is 0 Å². The Bertz CT molecular complexity index is 463. The van der Waals surface area contributed by atoms with E-state index in [0.717, 1.165) is 5.56 Å². The van der Waals surface area contributed by atoms with Crippen LogP contribution in [0.4, 0.5) is 0 Å². The SMILES string of the molecule is C=CCNC(=O)C(C)NC(C)c1ccc(Cl)cc1Cl. The molecule has 104 valence electrons. The Labute approximate surface area is 124 Å². The standard InChI is InChI=1S/C14H18Cl2N2O/c1-4-7-17-14(19)10(3)18-9(2)12-6-5-11(15)8-13(12)16/h4-6,8-10,18H,1,7H2,2-3H3,(H,17,19). The van der Waals surface area contributed by atoms with Gasteiger partial charge in [0.05, 0.1) is 6.04 Å². The van der Waals surface area contributed by atoms with E-state index in [2.05, 4.69) is 17.2 Å². The zero-order chi connectivity index (χ0) is 14.4. The number of nitrogens with one attached hydrogen (secondary N) is 2. The number of carbonyl (C=O) groups is 1. The molecular weight excluding hydrogens is 283 g/mol. The molecule has 0 saturated heterocycles. The molecule has 0 aliphatic carbocycles. The molecule has 0 bridgehead atoms. The van der Waals surface area contributed by atoms with Crippen LogP contribution in [0.3, 0.4) is 0 Å². The van der Waals surface area contributed by atoms with Crippen LogP contribution in [0.5, 0.6) is 0 Å². The summed E-state index contributed by atoms with van der Waals surface area (Å²) in [5.74, 6) is -0.0724. The van der Waals surface area contributed by atoms with Gasteiger partial charge in [0.1, 0.15) is 0 Å². The number of hydrogen-bond acceptors (Lipinski definition) is 2. The highest BCUT2D eigenvalue weighted by molar-refractivity contribution is 6.35. The van der Waals surface area contributed by atoms with Crippen molar-refractivity contribution in [1.29, 1.82) is 0 Å². The zero-order valence-electron chi connectivity index (χ0n) is 11.0. The van der Waals surface area contributed by atoms with Crippen molar-refractivity contribution < 1.29 is 4.79 Å². The number of rotatable bonds is 6. The number of amides is 1. The zero-order valence-corrected chi connectivity index (χ0v) is 12.6. The van der Waals surface area contributed by atoms with Gasteiger partial charge in [0, 0.05) is 22.6 Å². The maximum atomic E-state index is 11.7. The molecule has 0 radical (unpaired) electrons. The van der Waals surface area contributed by atoms with Crippen LogP contribution in [0.15, 0.2) is 30.9 Å². The smallest absolute Gasteiger partial charge is 0.237 e. The van der Waals surface area contributed by atoms with Gasteiger partial charge in [-0.1, -0.05) is 35.3 Å². The monoisotopic (exact) mass is 300 g/mol. The minimum absolute atomic E-state index is 0.0470. The molecule has 0 aromatic heterocycles. The number of halogens is 2. The molecule has 0 spiro atoms. The van der Waals surface area contributed by atoms with Crippen LogP contribution in [0.1, 0.15) is 25.5 Å². The van der Waals surface area contributed by atoms with Crippen LogP contribution in [0, 0.1) is 0 Å². The third-order valence-electron chi connectivity index (χ3n) is 2.74. The van der Waals surface area contributed by atoms with Crippen molar-refractivity contribution in [3.05, 3.63) is 46.5 Å². The fourth-order valence-corrected chi connectivity index (χ4v) is 2.29. The molecule has 0 saturated carbocycles. The van der Waals surface area contributed by atoms with E-state index in [1.165, 1.54) is 0 Å². The molecule has 2 N–H and O–H groups in total. The number of hydrogen-bond donors (Lipinski definition) is 2. The first-order valence-electron chi connectivity index (χ1n) is 6.05. The Morgan fingerprint density at radius 2 is 2.11 bits per heavy atom. The summed E-state index contributed by atoms with van der Waals surface area (Å²) in [7, 11) is 0. The molecule has 1 aromatic carbocycles. The average molecular weight is 301 g/mol. The van der Waals surface area contributed by atoms with Crippen molar-refractivity contribution in [3.8, 4) is 0 Å². The third kappa shape index (κ3) is 4.86. The minimum Gasteiger partial charge on any atom is -0.351 e. The lowest BCUT2D eigenvalue weighted by Gasteiger charge is -2.20.